The summed E-state index contributed by atoms with van der Waals surface area (Å²) in [4.78, 5) is 0. The van der Waals surface area contributed by atoms with E-state index in [-0.39, 0.29) is 21.9 Å². The lowest BCUT2D eigenvalue weighted by Gasteiger charge is -2.07. The minimum atomic E-state index is -2.65. The van der Waals surface area contributed by atoms with E-state index in [2.05, 4.69) is 0 Å². The van der Waals surface area contributed by atoms with Crippen LogP contribution in [0.15, 0.2) is 12.1 Å². The Labute approximate surface area is 73.6 Å². The van der Waals surface area contributed by atoms with E-state index in [0.29, 0.717) is 0 Å². The Morgan fingerprint density at radius 1 is 1.42 bits per heavy atom. The van der Waals surface area contributed by atoms with Crippen molar-refractivity contribution in [3.63, 3.8) is 0 Å². The molecule has 0 atom stereocenters. The van der Waals surface area contributed by atoms with Crippen LogP contribution in [0.25, 0.3) is 0 Å². The second-order valence-electron chi connectivity index (χ2n) is 2.41. The number of rotatable bonds is 1. The van der Waals surface area contributed by atoms with E-state index in [9.17, 15) is 8.78 Å². The highest BCUT2D eigenvalue weighted by Gasteiger charge is 2.16. The van der Waals surface area contributed by atoms with E-state index < -0.39 is 6.43 Å². The summed E-state index contributed by atoms with van der Waals surface area (Å²) >= 11 is 5.51. The normalized spacial score (nSPS) is 10.8. The van der Waals surface area contributed by atoms with E-state index in [1.165, 1.54) is 19.1 Å². The van der Waals surface area contributed by atoms with E-state index >= 15 is 0 Å². The molecular weight excluding hydrogens is 186 g/mol. The van der Waals surface area contributed by atoms with Crippen LogP contribution in [0.4, 0.5) is 8.78 Å². The van der Waals surface area contributed by atoms with Gasteiger partial charge in [0.05, 0.1) is 0 Å². The molecule has 0 aliphatic rings. The highest BCUT2D eigenvalue weighted by molar-refractivity contribution is 6.31. The Balaban J connectivity index is 3.33. The van der Waals surface area contributed by atoms with E-state index in [0.717, 1.165) is 0 Å². The van der Waals surface area contributed by atoms with Gasteiger partial charge in [-0.3, -0.25) is 0 Å². The summed E-state index contributed by atoms with van der Waals surface area (Å²) < 4.78 is 24.5. The molecule has 0 saturated heterocycles. The monoisotopic (exact) mass is 192 g/mol. The number of aromatic hydroxyl groups is 1. The van der Waals surface area contributed by atoms with Crippen LogP contribution in [0.3, 0.4) is 0 Å². The number of alkyl halides is 2. The largest absolute Gasteiger partial charge is 0.508 e. The van der Waals surface area contributed by atoms with Gasteiger partial charge >= 0.3 is 0 Å². The van der Waals surface area contributed by atoms with Crippen LogP contribution in [-0.4, -0.2) is 5.11 Å². The second-order valence-corrected chi connectivity index (χ2v) is 2.81. The smallest absolute Gasteiger partial charge is 0.265 e. The Kier molecular flexibility index (Phi) is 2.52. The SMILES string of the molecule is Cc1c(O)ccc(Cl)c1C(F)F. The second kappa shape index (κ2) is 3.27. The first-order valence-corrected chi connectivity index (χ1v) is 3.68. The van der Waals surface area contributed by atoms with Crippen LogP contribution in [-0.2, 0) is 0 Å². The predicted molar refractivity (Wildman–Crippen MR) is 42.8 cm³/mol. The fraction of sp³-hybridized carbons (Fsp3) is 0.250. The first-order valence-electron chi connectivity index (χ1n) is 3.30. The molecule has 0 saturated carbocycles. The average molecular weight is 193 g/mol. The van der Waals surface area contributed by atoms with Crippen molar-refractivity contribution in [2.75, 3.05) is 0 Å². The number of hydrogen-bond acceptors (Lipinski definition) is 1. The molecule has 1 nitrogen and oxygen atoms in total. The topological polar surface area (TPSA) is 20.2 Å². The molecule has 0 fully saturated rings. The fourth-order valence-corrected chi connectivity index (χ4v) is 1.24. The number of phenolic OH excluding ortho intramolecular Hbond substituents is 1. The summed E-state index contributed by atoms with van der Waals surface area (Å²) in [5.41, 5.74) is -0.158. The van der Waals surface area contributed by atoms with Crippen LogP contribution >= 0.6 is 11.6 Å². The highest BCUT2D eigenvalue weighted by atomic mass is 35.5. The summed E-state index contributed by atoms with van der Waals surface area (Å²) in [5.74, 6) is -0.158. The molecule has 1 aromatic rings. The molecule has 0 heterocycles. The Morgan fingerprint density at radius 3 is 2.42 bits per heavy atom. The van der Waals surface area contributed by atoms with Crippen molar-refractivity contribution in [3.8, 4) is 5.75 Å². The van der Waals surface area contributed by atoms with E-state index in [1.54, 1.807) is 0 Å². The maximum atomic E-state index is 12.3. The van der Waals surface area contributed by atoms with Crippen molar-refractivity contribution in [3.05, 3.63) is 28.3 Å². The van der Waals surface area contributed by atoms with Gasteiger partial charge < -0.3 is 5.11 Å². The average Bonchev–Trinajstić information content (AvgIpc) is 1.97. The van der Waals surface area contributed by atoms with Gasteiger partial charge in [0.1, 0.15) is 5.75 Å². The van der Waals surface area contributed by atoms with Crippen LogP contribution < -0.4 is 0 Å². The van der Waals surface area contributed by atoms with Gasteiger partial charge in [0.2, 0.25) is 0 Å². The molecule has 4 heteroatoms. The van der Waals surface area contributed by atoms with Crippen LogP contribution in [0, 0.1) is 6.92 Å². The van der Waals surface area contributed by atoms with Crippen molar-refractivity contribution < 1.29 is 13.9 Å². The van der Waals surface area contributed by atoms with Gasteiger partial charge in [-0.05, 0) is 19.1 Å². The van der Waals surface area contributed by atoms with Gasteiger partial charge in [-0.2, -0.15) is 0 Å². The quantitative estimate of drug-likeness (QED) is 0.724. The van der Waals surface area contributed by atoms with Crippen molar-refractivity contribution in [1.29, 1.82) is 0 Å². The summed E-state index contributed by atoms with van der Waals surface area (Å²) in [5, 5.41) is 9.07. The standard InChI is InChI=1S/C8H7ClF2O/c1-4-6(12)3-2-5(9)7(4)8(10)11/h2-3,8,12H,1H3. The minimum absolute atomic E-state index is 0.0136. The minimum Gasteiger partial charge on any atom is -0.508 e. The number of hydrogen-bond donors (Lipinski definition) is 1. The Hall–Kier alpha value is -0.830. The fourth-order valence-electron chi connectivity index (χ4n) is 0.952. The van der Waals surface area contributed by atoms with Crippen LogP contribution in [0.2, 0.25) is 5.02 Å². The predicted octanol–water partition coefficient (Wildman–Crippen LogP) is 3.29. The lowest BCUT2D eigenvalue weighted by molar-refractivity contribution is 0.150. The first-order chi connectivity index (χ1) is 5.54. The summed E-state index contributed by atoms with van der Waals surface area (Å²) in [6, 6.07) is 2.55. The number of phenols is 1. The van der Waals surface area contributed by atoms with Gasteiger partial charge in [0.15, 0.2) is 0 Å². The maximum absolute atomic E-state index is 12.3. The lowest BCUT2D eigenvalue weighted by atomic mass is 10.1. The molecule has 0 radical (unpaired) electrons. The van der Waals surface area contributed by atoms with E-state index in [4.69, 9.17) is 16.7 Å². The van der Waals surface area contributed by atoms with Gasteiger partial charge in [0.25, 0.3) is 6.43 Å². The van der Waals surface area contributed by atoms with Crippen molar-refractivity contribution in [2.24, 2.45) is 0 Å². The number of halogens is 3. The van der Waals surface area contributed by atoms with Crippen LogP contribution in [0.5, 0.6) is 5.75 Å². The van der Waals surface area contributed by atoms with Gasteiger partial charge in [-0.15, -0.1) is 0 Å². The molecule has 12 heavy (non-hydrogen) atoms. The molecule has 0 aliphatic carbocycles. The highest BCUT2D eigenvalue weighted by Crippen LogP contribution is 2.34. The van der Waals surface area contributed by atoms with Gasteiger partial charge in [-0.25, -0.2) is 8.78 Å². The molecule has 0 aliphatic heterocycles. The summed E-state index contributed by atoms with van der Waals surface area (Å²) in [6.07, 6.45) is -2.65. The molecule has 1 aromatic carbocycles. The van der Waals surface area contributed by atoms with Crippen molar-refractivity contribution in [1.82, 2.24) is 0 Å². The molecule has 0 unspecified atom stereocenters. The lowest BCUT2D eigenvalue weighted by Crippen LogP contribution is -1.91. The zero-order valence-electron chi connectivity index (χ0n) is 6.31. The molecular formula is C8H7ClF2O. The molecule has 0 bridgehead atoms. The molecule has 0 spiro atoms. The Morgan fingerprint density at radius 2 is 2.00 bits per heavy atom. The molecule has 1 rings (SSSR count). The van der Waals surface area contributed by atoms with Crippen LogP contribution in [0.1, 0.15) is 17.6 Å². The third-order valence-electron chi connectivity index (χ3n) is 1.65. The molecule has 0 amide bonds. The van der Waals surface area contributed by atoms with Gasteiger partial charge in [0, 0.05) is 16.1 Å². The van der Waals surface area contributed by atoms with Crippen molar-refractivity contribution >= 4 is 11.6 Å². The molecule has 1 N–H and O–H groups in total. The molecule has 66 valence electrons. The zero-order chi connectivity index (χ0) is 9.30. The molecule has 0 aromatic heterocycles. The summed E-state index contributed by atoms with van der Waals surface area (Å²) in [6.45, 7) is 1.41. The first kappa shape index (κ1) is 9.26. The maximum Gasteiger partial charge on any atom is 0.265 e. The summed E-state index contributed by atoms with van der Waals surface area (Å²) in [7, 11) is 0. The number of benzene rings is 1. The van der Waals surface area contributed by atoms with E-state index in [1.807, 2.05) is 0 Å². The third kappa shape index (κ3) is 1.50. The third-order valence-corrected chi connectivity index (χ3v) is 1.98. The Bertz CT molecular complexity index is 299. The zero-order valence-corrected chi connectivity index (χ0v) is 7.07. The van der Waals surface area contributed by atoms with Crippen molar-refractivity contribution in [2.45, 2.75) is 13.3 Å². The van der Waals surface area contributed by atoms with Gasteiger partial charge in [-0.1, -0.05) is 11.6 Å².